The van der Waals surface area contributed by atoms with Crippen LogP contribution in [0, 0.1) is 0 Å². The van der Waals surface area contributed by atoms with Gasteiger partial charge in [0.1, 0.15) is 0 Å². The molecule has 0 saturated heterocycles. The van der Waals surface area contributed by atoms with Gasteiger partial charge in [0.05, 0.1) is 18.1 Å². The lowest BCUT2D eigenvalue weighted by Gasteiger charge is -1.90. The number of carbonyl (C=O) groups is 1. The van der Waals surface area contributed by atoms with Crippen LogP contribution in [0.15, 0.2) is 34.8 Å². The van der Waals surface area contributed by atoms with Gasteiger partial charge in [-0.3, -0.25) is 0 Å². The van der Waals surface area contributed by atoms with Crippen LogP contribution in [0.5, 0.6) is 0 Å². The highest BCUT2D eigenvalue weighted by atomic mass is 32.2. The van der Waals surface area contributed by atoms with Crippen molar-refractivity contribution in [3.05, 3.63) is 29.7 Å². The van der Waals surface area contributed by atoms with Crippen LogP contribution in [0.3, 0.4) is 0 Å². The Morgan fingerprint density at radius 2 is 2.41 bits per heavy atom. The average Bonchev–Trinajstić information content (AvgIpc) is 2.70. The zero-order valence-corrected chi connectivity index (χ0v) is 9.95. The fourth-order valence-corrected chi connectivity index (χ4v) is 1.91. The zero-order valence-electron chi connectivity index (χ0n) is 9.14. The van der Waals surface area contributed by atoms with Crippen LogP contribution in [-0.2, 0) is 9.53 Å². The van der Waals surface area contributed by atoms with Gasteiger partial charge in [-0.15, -0.1) is 0 Å². The quantitative estimate of drug-likeness (QED) is 0.376. The van der Waals surface area contributed by atoms with Gasteiger partial charge in [0.2, 0.25) is 0 Å². The van der Waals surface area contributed by atoms with E-state index >= 15 is 0 Å². The van der Waals surface area contributed by atoms with Gasteiger partial charge in [0.25, 0.3) is 0 Å². The van der Waals surface area contributed by atoms with Gasteiger partial charge in [-0.25, -0.2) is 9.78 Å². The van der Waals surface area contributed by atoms with E-state index in [0.717, 1.165) is 11.0 Å². The molecule has 2 rings (SSSR count). The topological polar surface area (TPSA) is 81.0 Å². The molecule has 0 atom stereocenters. The molecule has 0 aliphatic heterocycles. The Kier molecular flexibility index (Phi) is 3.34. The molecule has 88 valence electrons. The van der Waals surface area contributed by atoms with Crippen molar-refractivity contribution in [2.24, 2.45) is 0 Å². The SMILES string of the molecule is COC(=O)/C=C/Sc1nc2ccc(N)cc2[nH]1. The Bertz CT molecular complexity index is 577. The fourth-order valence-electron chi connectivity index (χ4n) is 1.28. The molecular formula is C11H11N3O2S. The molecule has 0 fully saturated rings. The molecule has 0 saturated carbocycles. The number of nitrogens with two attached hydrogens (primary N) is 1. The van der Waals surface area contributed by atoms with Crippen molar-refractivity contribution >= 4 is 34.5 Å². The standard InChI is InChI=1S/C11H11N3O2S/c1-16-10(15)4-5-17-11-13-8-3-2-7(12)6-9(8)14-11/h2-6H,12H2,1H3,(H,13,14)/b5-4+. The van der Waals surface area contributed by atoms with Crippen molar-refractivity contribution in [3.8, 4) is 0 Å². The Labute approximate surface area is 102 Å². The smallest absolute Gasteiger partial charge is 0.330 e. The first-order chi connectivity index (χ1) is 8.19. The number of anilines is 1. The number of rotatable bonds is 3. The van der Waals surface area contributed by atoms with Crippen molar-refractivity contribution in [3.63, 3.8) is 0 Å². The van der Waals surface area contributed by atoms with Gasteiger partial charge in [-0.2, -0.15) is 0 Å². The summed E-state index contributed by atoms with van der Waals surface area (Å²) in [5.41, 5.74) is 8.06. The molecule has 0 radical (unpaired) electrons. The number of carbonyl (C=O) groups excluding carboxylic acids is 1. The molecule has 6 heteroatoms. The highest BCUT2D eigenvalue weighted by molar-refractivity contribution is 8.02. The first-order valence-electron chi connectivity index (χ1n) is 4.85. The number of hydrogen-bond donors (Lipinski definition) is 2. The number of methoxy groups -OCH3 is 1. The third-order valence-electron chi connectivity index (χ3n) is 2.07. The number of H-pyrrole nitrogens is 1. The predicted octanol–water partition coefficient (Wildman–Crippen LogP) is 1.92. The summed E-state index contributed by atoms with van der Waals surface area (Å²) in [6, 6.07) is 5.45. The number of nitrogen functional groups attached to an aromatic ring is 1. The van der Waals surface area contributed by atoms with E-state index in [0.29, 0.717) is 10.8 Å². The van der Waals surface area contributed by atoms with Crippen LogP contribution >= 0.6 is 11.8 Å². The minimum absolute atomic E-state index is 0.391. The van der Waals surface area contributed by atoms with Gasteiger partial charge in [-0.1, -0.05) is 11.8 Å². The van der Waals surface area contributed by atoms with Crippen molar-refractivity contribution < 1.29 is 9.53 Å². The summed E-state index contributed by atoms with van der Waals surface area (Å²) >= 11 is 1.31. The summed E-state index contributed by atoms with van der Waals surface area (Å²) in [4.78, 5) is 18.3. The number of hydrogen-bond acceptors (Lipinski definition) is 5. The lowest BCUT2D eigenvalue weighted by atomic mass is 10.3. The monoisotopic (exact) mass is 249 g/mol. The average molecular weight is 249 g/mol. The fraction of sp³-hybridized carbons (Fsp3) is 0.0909. The molecule has 17 heavy (non-hydrogen) atoms. The van der Waals surface area contributed by atoms with E-state index in [4.69, 9.17) is 5.73 Å². The van der Waals surface area contributed by atoms with Crippen LogP contribution in [0.25, 0.3) is 11.0 Å². The second-order valence-corrected chi connectivity index (χ2v) is 4.16. The minimum Gasteiger partial charge on any atom is -0.466 e. The molecule has 0 unspecified atom stereocenters. The lowest BCUT2D eigenvalue weighted by Crippen LogP contribution is -1.92. The summed E-state index contributed by atoms with van der Waals surface area (Å²) in [6.07, 6.45) is 1.34. The normalized spacial score (nSPS) is 11.1. The molecule has 5 nitrogen and oxygen atoms in total. The number of benzene rings is 1. The van der Waals surface area contributed by atoms with Crippen molar-refractivity contribution in [1.82, 2.24) is 9.97 Å². The van der Waals surface area contributed by atoms with Crippen molar-refractivity contribution in [1.29, 1.82) is 0 Å². The Morgan fingerprint density at radius 1 is 1.59 bits per heavy atom. The van der Waals surface area contributed by atoms with Gasteiger partial charge in [0, 0.05) is 11.8 Å². The van der Waals surface area contributed by atoms with E-state index in [-0.39, 0.29) is 0 Å². The third kappa shape index (κ3) is 2.79. The number of aromatic amines is 1. The summed E-state index contributed by atoms with van der Waals surface area (Å²) in [5.74, 6) is -0.391. The highest BCUT2D eigenvalue weighted by Gasteiger charge is 2.02. The van der Waals surface area contributed by atoms with E-state index in [9.17, 15) is 4.79 Å². The van der Waals surface area contributed by atoms with E-state index in [1.54, 1.807) is 11.5 Å². The molecule has 0 aliphatic carbocycles. The largest absolute Gasteiger partial charge is 0.466 e. The van der Waals surface area contributed by atoms with Crippen molar-refractivity contribution in [2.75, 3.05) is 12.8 Å². The maximum Gasteiger partial charge on any atom is 0.330 e. The van der Waals surface area contributed by atoms with Crippen LogP contribution < -0.4 is 5.73 Å². The molecule has 0 spiro atoms. The van der Waals surface area contributed by atoms with E-state index in [1.165, 1.54) is 24.9 Å². The third-order valence-corrected chi connectivity index (χ3v) is 2.76. The van der Waals surface area contributed by atoms with E-state index in [1.807, 2.05) is 12.1 Å². The number of aromatic nitrogens is 2. The Hall–Kier alpha value is -1.95. The van der Waals surface area contributed by atoms with Gasteiger partial charge >= 0.3 is 5.97 Å². The predicted molar refractivity (Wildman–Crippen MR) is 67.5 cm³/mol. The lowest BCUT2D eigenvalue weighted by molar-refractivity contribution is -0.134. The number of esters is 1. The number of ether oxygens (including phenoxy) is 1. The molecule has 3 N–H and O–H groups in total. The minimum atomic E-state index is -0.391. The first kappa shape index (κ1) is 11.5. The molecule has 0 bridgehead atoms. The van der Waals surface area contributed by atoms with E-state index in [2.05, 4.69) is 14.7 Å². The summed E-state index contributed by atoms with van der Waals surface area (Å²) in [7, 11) is 1.33. The number of nitrogens with zero attached hydrogens (tertiary/aromatic N) is 1. The van der Waals surface area contributed by atoms with Crippen molar-refractivity contribution in [2.45, 2.75) is 5.16 Å². The molecular weight excluding hydrogens is 238 g/mol. The number of imidazole rings is 1. The second kappa shape index (κ2) is 4.92. The Balaban J connectivity index is 2.14. The molecule has 2 aromatic rings. The molecule has 0 aliphatic rings. The van der Waals surface area contributed by atoms with E-state index < -0.39 is 5.97 Å². The number of thioether (sulfide) groups is 1. The van der Waals surface area contributed by atoms with Crippen LogP contribution in [0.4, 0.5) is 5.69 Å². The van der Waals surface area contributed by atoms with Gasteiger partial charge in [0.15, 0.2) is 5.16 Å². The molecule has 1 aromatic heterocycles. The maximum absolute atomic E-state index is 10.8. The van der Waals surface area contributed by atoms with Gasteiger partial charge in [-0.05, 0) is 23.6 Å². The van der Waals surface area contributed by atoms with Gasteiger partial charge < -0.3 is 15.5 Å². The summed E-state index contributed by atoms with van der Waals surface area (Å²) in [6.45, 7) is 0. The second-order valence-electron chi connectivity index (χ2n) is 3.26. The number of nitrogens with one attached hydrogen (secondary N) is 1. The van der Waals surface area contributed by atoms with Crippen LogP contribution in [-0.4, -0.2) is 23.0 Å². The Morgan fingerprint density at radius 3 is 3.18 bits per heavy atom. The van der Waals surface area contributed by atoms with Crippen LogP contribution in [0.1, 0.15) is 0 Å². The maximum atomic E-state index is 10.8. The first-order valence-corrected chi connectivity index (χ1v) is 5.73. The summed E-state index contributed by atoms with van der Waals surface area (Å²) < 4.78 is 4.48. The highest BCUT2D eigenvalue weighted by Crippen LogP contribution is 2.21. The van der Waals surface area contributed by atoms with Crippen LogP contribution in [0.2, 0.25) is 0 Å². The summed E-state index contributed by atoms with van der Waals surface area (Å²) in [5, 5.41) is 2.32. The molecule has 1 aromatic carbocycles. The zero-order chi connectivity index (χ0) is 12.3. The molecule has 0 amide bonds. The molecule has 1 heterocycles. The number of fused-ring (bicyclic) bond motifs is 1.